The maximum atomic E-state index is 3.61. The molecular weight excluding hydrogens is 244 g/mol. The van der Waals surface area contributed by atoms with Crippen LogP contribution in [-0.2, 0) is 13.1 Å². The number of nitrogens with zero attached hydrogens (tertiary/aromatic N) is 1. The topological polar surface area (TPSA) is 15.3 Å². The number of hydrogen-bond acceptors (Lipinski definition) is 2. The fourth-order valence-corrected chi connectivity index (χ4v) is 3.35. The van der Waals surface area contributed by atoms with Gasteiger partial charge in [-0.2, -0.15) is 0 Å². The first-order valence-electron chi connectivity index (χ1n) is 8.40. The molecule has 2 aliphatic rings. The van der Waals surface area contributed by atoms with Crippen LogP contribution < -0.4 is 5.32 Å². The lowest BCUT2D eigenvalue weighted by molar-refractivity contribution is 0.136. The fraction of sp³-hybridized carbons (Fsp3) is 0.667. The molecule has 110 valence electrons. The molecule has 1 aliphatic carbocycles. The summed E-state index contributed by atoms with van der Waals surface area (Å²) < 4.78 is 0. The first-order chi connectivity index (χ1) is 9.85. The van der Waals surface area contributed by atoms with Crippen molar-refractivity contribution in [3.8, 4) is 0 Å². The second-order valence-corrected chi connectivity index (χ2v) is 6.50. The van der Waals surface area contributed by atoms with E-state index in [1.807, 2.05) is 0 Å². The fourth-order valence-electron chi connectivity index (χ4n) is 3.35. The SMILES string of the molecule is CCC1CCCCN1Cc1cccc(CNC2CC2)c1. The largest absolute Gasteiger partial charge is 0.310 e. The van der Waals surface area contributed by atoms with Gasteiger partial charge in [0.05, 0.1) is 0 Å². The molecule has 3 rings (SSSR count). The van der Waals surface area contributed by atoms with Crippen LogP contribution in [0.3, 0.4) is 0 Å². The minimum absolute atomic E-state index is 0.797. The van der Waals surface area contributed by atoms with Gasteiger partial charge in [-0.05, 0) is 49.8 Å². The van der Waals surface area contributed by atoms with E-state index in [-0.39, 0.29) is 0 Å². The van der Waals surface area contributed by atoms with E-state index in [2.05, 4.69) is 41.4 Å². The Kier molecular flexibility index (Phi) is 4.74. The molecule has 2 heteroatoms. The van der Waals surface area contributed by atoms with Gasteiger partial charge in [0.1, 0.15) is 0 Å². The van der Waals surface area contributed by atoms with Crippen LogP contribution in [0.15, 0.2) is 24.3 Å². The molecule has 2 nitrogen and oxygen atoms in total. The number of likely N-dealkylation sites (tertiary alicyclic amines) is 1. The zero-order valence-electron chi connectivity index (χ0n) is 12.8. The van der Waals surface area contributed by atoms with Crippen LogP contribution in [0.2, 0.25) is 0 Å². The molecule has 0 bridgehead atoms. The zero-order valence-corrected chi connectivity index (χ0v) is 12.8. The summed E-state index contributed by atoms with van der Waals surface area (Å²) in [5.41, 5.74) is 2.93. The van der Waals surface area contributed by atoms with Gasteiger partial charge in [-0.1, -0.05) is 37.6 Å². The second-order valence-electron chi connectivity index (χ2n) is 6.50. The maximum absolute atomic E-state index is 3.61. The Labute approximate surface area is 123 Å². The van der Waals surface area contributed by atoms with Crippen LogP contribution in [0.4, 0.5) is 0 Å². The third kappa shape index (κ3) is 3.83. The predicted octanol–water partition coefficient (Wildman–Crippen LogP) is 3.70. The molecule has 0 spiro atoms. The first kappa shape index (κ1) is 14.1. The van der Waals surface area contributed by atoms with E-state index in [9.17, 15) is 0 Å². The van der Waals surface area contributed by atoms with Gasteiger partial charge in [0.2, 0.25) is 0 Å². The summed E-state index contributed by atoms with van der Waals surface area (Å²) in [6.45, 7) is 5.79. The number of nitrogens with one attached hydrogen (secondary N) is 1. The Bertz CT molecular complexity index is 425. The van der Waals surface area contributed by atoms with Gasteiger partial charge in [0.25, 0.3) is 0 Å². The lowest BCUT2D eigenvalue weighted by Crippen LogP contribution is -2.38. The maximum Gasteiger partial charge on any atom is 0.0236 e. The minimum Gasteiger partial charge on any atom is -0.310 e. The number of piperidine rings is 1. The average molecular weight is 272 g/mol. The third-order valence-corrected chi connectivity index (χ3v) is 4.77. The van der Waals surface area contributed by atoms with E-state index in [1.54, 1.807) is 0 Å². The van der Waals surface area contributed by atoms with E-state index in [4.69, 9.17) is 0 Å². The van der Waals surface area contributed by atoms with Crippen LogP contribution in [0, 0.1) is 0 Å². The van der Waals surface area contributed by atoms with Crippen molar-refractivity contribution in [3.63, 3.8) is 0 Å². The van der Waals surface area contributed by atoms with E-state index < -0.39 is 0 Å². The van der Waals surface area contributed by atoms with Crippen molar-refractivity contribution < 1.29 is 0 Å². The molecule has 0 aromatic heterocycles. The number of rotatable bonds is 6. The third-order valence-electron chi connectivity index (χ3n) is 4.77. The van der Waals surface area contributed by atoms with Crippen molar-refractivity contribution in [2.45, 2.75) is 70.6 Å². The monoisotopic (exact) mass is 272 g/mol. The highest BCUT2D eigenvalue weighted by atomic mass is 15.2. The molecule has 20 heavy (non-hydrogen) atoms. The van der Waals surface area contributed by atoms with E-state index >= 15 is 0 Å². The van der Waals surface area contributed by atoms with Crippen molar-refractivity contribution in [2.24, 2.45) is 0 Å². The summed E-state index contributed by atoms with van der Waals surface area (Å²) >= 11 is 0. The van der Waals surface area contributed by atoms with E-state index in [0.29, 0.717) is 0 Å². The quantitative estimate of drug-likeness (QED) is 0.849. The van der Waals surface area contributed by atoms with Gasteiger partial charge in [0.15, 0.2) is 0 Å². The molecule has 1 N–H and O–H groups in total. The van der Waals surface area contributed by atoms with Crippen LogP contribution >= 0.6 is 0 Å². The van der Waals surface area contributed by atoms with Crippen LogP contribution in [0.1, 0.15) is 56.6 Å². The van der Waals surface area contributed by atoms with Crippen molar-refractivity contribution in [1.82, 2.24) is 10.2 Å². The van der Waals surface area contributed by atoms with Crippen molar-refractivity contribution in [2.75, 3.05) is 6.54 Å². The molecule has 1 unspecified atom stereocenters. The van der Waals surface area contributed by atoms with Crippen LogP contribution in [0.25, 0.3) is 0 Å². The first-order valence-corrected chi connectivity index (χ1v) is 8.40. The van der Waals surface area contributed by atoms with Gasteiger partial charge in [0, 0.05) is 25.2 Å². The molecule has 1 saturated carbocycles. The van der Waals surface area contributed by atoms with Crippen LogP contribution in [0.5, 0.6) is 0 Å². The molecule has 2 fully saturated rings. The van der Waals surface area contributed by atoms with Gasteiger partial charge in [-0.25, -0.2) is 0 Å². The van der Waals surface area contributed by atoms with Crippen LogP contribution in [-0.4, -0.2) is 23.5 Å². The summed E-state index contributed by atoms with van der Waals surface area (Å²) in [4.78, 5) is 2.69. The summed E-state index contributed by atoms with van der Waals surface area (Å²) in [6.07, 6.45) is 8.21. The zero-order chi connectivity index (χ0) is 13.8. The molecule has 1 heterocycles. The highest BCUT2D eigenvalue weighted by Crippen LogP contribution is 2.22. The summed E-state index contributed by atoms with van der Waals surface area (Å²) in [6, 6.07) is 10.8. The lowest BCUT2D eigenvalue weighted by Gasteiger charge is -2.35. The second kappa shape index (κ2) is 6.73. The average Bonchev–Trinajstić information content (AvgIpc) is 3.30. The Morgan fingerprint density at radius 2 is 2.00 bits per heavy atom. The number of benzene rings is 1. The lowest BCUT2D eigenvalue weighted by atomic mass is 9.99. The molecule has 1 atom stereocenters. The Hall–Kier alpha value is -0.860. The van der Waals surface area contributed by atoms with E-state index in [0.717, 1.165) is 25.2 Å². The van der Waals surface area contributed by atoms with Gasteiger partial charge in [-0.3, -0.25) is 4.90 Å². The Balaban J connectivity index is 1.59. The summed E-state index contributed by atoms with van der Waals surface area (Å²) in [7, 11) is 0. The minimum atomic E-state index is 0.797. The van der Waals surface area contributed by atoms with Crippen molar-refractivity contribution in [1.29, 1.82) is 0 Å². The van der Waals surface area contributed by atoms with E-state index in [1.165, 1.54) is 56.2 Å². The molecule has 0 amide bonds. The normalized spacial score (nSPS) is 23.9. The molecule has 1 aromatic rings. The Morgan fingerprint density at radius 3 is 2.80 bits per heavy atom. The Morgan fingerprint density at radius 1 is 1.15 bits per heavy atom. The molecule has 0 radical (unpaired) electrons. The molecule has 1 aliphatic heterocycles. The summed E-state index contributed by atoms with van der Waals surface area (Å²) in [5.74, 6) is 0. The van der Waals surface area contributed by atoms with Gasteiger partial charge >= 0.3 is 0 Å². The standard InChI is InChI=1S/C18H28N2/c1-2-18-8-3-4-11-20(18)14-16-7-5-6-15(12-16)13-19-17-9-10-17/h5-7,12,17-19H,2-4,8-11,13-14H2,1H3. The highest BCUT2D eigenvalue weighted by molar-refractivity contribution is 5.23. The molecular formula is C18H28N2. The van der Waals surface area contributed by atoms with Gasteiger partial charge < -0.3 is 5.32 Å². The summed E-state index contributed by atoms with van der Waals surface area (Å²) in [5, 5.41) is 3.61. The highest BCUT2D eigenvalue weighted by Gasteiger charge is 2.21. The smallest absolute Gasteiger partial charge is 0.0236 e. The molecule has 1 saturated heterocycles. The van der Waals surface area contributed by atoms with Gasteiger partial charge in [-0.15, -0.1) is 0 Å². The predicted molar refractivity (Wildman–Crippen MR) is 84.6 cm³/mol. The van der Waals surface area contributed by atoms with Crippen molar-refractivity contribution >= 4 is 0 Å². The molecule has 1 aromatic carbocycles. The van der Waals surface area contributed by atoms with Crippen molar-refractivity contribution in [3.05, 3.63) is 35.4 Å². The number of hydrogen-bond donors (Lipinski definition) is 1.